The van der Waals surface area contributed by atoms with Gasteiger partial charge in [-0.25, -0.2) is 0 Å². The van der Waals surface area contributed by atoms with E-state index in [0.29, 0.717) is 10.7 Å². The smallest absolute Gasteiger partial charge is 0.273 e. The molecule has 108 valence electrons. The predicted octanol–water partition coefficient (Wildman–Crippen LogP) is 2.90. The molecule has 2 rings (SSSR count). The third kappa shape index (κ3) is 3.26. The molecule has 0 saturated carbocycles. The van der Waals surface area contributed by atoms with Crippen LogP contribution in [0, 0.1) is 10.1 Å². The quantitative estimate of drug-likeness (QED) is 0.692. The van der Waals surface area contributed by atoms with E-state index in [2.05, 4.69) is 10.3 Å². The van der Waals surface area contributed by atoms with Crippen LogP contribution < -0.4 is 10.1 Å². The van der Waals surface area contributed by atoms with Gasteiger partial charge < -0.3 is 10.1 Å². The molecule has 0 spiro atoms. The van der Waals surface area contributed by atoms with Crippen LogP contribution in [0.5, 0.6) is 5.75 Å². The molecule has 0 bridgehead atoms. The molecule has 0 radical (unpaired) electrons. The van der Waals surface area contributed by atoms with Crippen molar-refractivity contribution in [2.24, 2.45) is 0 Å². The third-order valence-electron chi connectivity index (χ3n) is 2.66. The molecule has 1 aromatic heterocycles. The topological polar surface area (TPSA) is 94.4 Å². The number of aromatic nitrogens is 1. The van der Waals surface area contributed by atoms with Crippen molar-refractivity contribution in [1.82, 2.24) is 4.98 Å². The van der Waals surface area contributed by atoms with E-state index in [4.69, 9.17) is 16.3 Å². The van der Waals surface area contributed by atoms with Gasteiger partial charge in [-0.1, -0.05) is 11.6 Å². The molecule has 8 heteroatoms. The number of pyridine rings is 1. The Labute approximate surface area is 124 Å². The second-order valence-electron chi connectivity index (χ2n) is 3.95. The monoisotopic (exact) mass is 307 g/mol. The summed E-state index contributed by atoms with van der Waals surface area (Å²) in [5, 5.41) is 13.6. The summed E-state index contributed by atoms with van der Waals surface area (Å²) in [5.74, 6) is -0.404. The highest BCUT2D eigenvalue weighted by Gasteiger charge is 2.17. The fourth-order valence-electron chi connectivity index (χ4n) is 1.64. The Hall–Kier alpha value is -2.67. The summed E-state index contributed by atoms with van der Waals surface area (Å²) in [5.41, 5.74) is 0.329. The van der Waals surface area contributed by atoms with Gasteiger partial charge in [-0.2, -0.15) is 0 Å². The lowest BCUT2D eigenvalue weighted by molar-refractivity contribution is -0.384. The van der Waals surface area contributed by atoms with Crippen molar-refractivity contribution >= 4 is 28.9 Å². The van der Waals surface area contributed by atoms with E-state index in [1.807, 2.05) is 0 Å². The summed E-state index contributed by atoms with van der Waals surface area (Å²) >= 11 is 5.92. The number of methoxy groups -OCH3 is 1. The highest BCUT2D eigenvalue weighted by molar-refractivity contribution is 6.33. The summed E-state index contributed by atoms with van der Waals surface area (Å²) in [6, 6.07) is 5.25. The summed E-state index contributed by atoms with van der Waals surface area (Å²) in [7, 11) is 1.33. The Balaban J connectivity index is 2.31. The van der Waals surface area contributed by atoms with Crippen molar-refractivity contribution in [3.05, 3.63) is 57.4 Å². The van der Waals surface area contributed by atoms with E-state index >= 15 is 0 Å². The number of ether oxygens (including phenoxy) is 1. The molecule has 1 heterocycles. The standard InChI is InChI=1S/C13H10ClN3O4/c1-21-12-6-8(17(19)20)2-3-9(12)13(18)16-11-7-15-5-4-10(11)14/h2-7H,1H3,(H,16,18). The van der Waals surface area contributed by atoms with Gasteiger partial charge in [-0.05, 0) is 12.1 Å². The van der Waals surface area contributed by atoms with Gasteiger partial charge in [0, 0.05) is 12.3 Å². The molecule has 0 aliphatic carbocycles. The number of carbonyl (C=O) groups excluding carboxylic acids is 1. The number of amides is 1. The molecule has 7 nitrogen and oxygen atoms in total. The van der Waals surface area contributed by atoms with Crippen LogP contribution in [0.2, 0.25) is 5.02 Å². The lowest BCUT2D eigenvalue weighted by Crippen LogP contribution is -2.13. The Morgan fingerprint density at radius 1 is 1.43 bits per heavy atom. The number of rotatable bonds is 4. The number of non-ortho nitro benzene ring substituents is 1. The maximum Gasteiger partial charge on any atom is 0.273 e. The number of benzene rings is 1. The number of nitro groups is 1. The van der Waals surface area contributed by atoms with Gasteiger partial charge in [-0.15, -0.1) is 0 Å². The highest BCUT2D eigenvalue weighted by Crippen LogP contribution is 2.26. The van der Waals surface area contributed by atoms with Crippen LogP contribution in [0.15, 0.2) is 36.7 Å². The molecule has 0 unspecified atom stereocenters. The van der Waals surface area contributed by atoms with E-state index in [1.165, 1.54) is 43.8 Å². The van der Waals surface area contributed by atoms with Crippen molar-refractivity contribution < 1.29 is 14.5 Å². The van der Waals surface area contributed by atoms with E-state index < -0.39 is 10.8 Å². The number of nitrogens with one attached hydrogen (secondary N) is 1. The van der Waals surface area contributed by atoms with Crippen LogP contribution >= 0.6 is 11.6 Å². The molecule has 1 N–H and O–H groups in total. The van der Waals surface area contributed by atoms with E-state index in [1.54, 1.807) is 0 Å². The van der Waals surface area contributed by atoms with Crippen molar-refractivity contribution in [2.45, 2.75) is 0 Å². The molecule has 1 aromatic carbocycles. The zero-order valence-corrected chi connectivity index (χ0v) is 11.6. The minimum absolute atomic E-state index is 0.0988. The number of halogens is 1. The third-order valence-corrected chi connectivity index (χ3v) is 2.99. The van der Waals surface area contributed by atoms with Crippen molar-refractivity contribution in [2.75, 3.05) is 12.4 Å². The number of hydrogen-bond donors (Lipinski definition) is 1. The second kappa shape index (κ2) is 6.19. The molecule has 1 amide bonds. The van der Waals surface area contributed by atoms with Crippen molar-refractivity contribution in [1.29, 1.82) is 0 Å². The number of nitrogens with zero attached hydrogens (tertiary/aromatic N) is 2. The van der Waals surface area contributed by atoms with Crippen LogP contribution in [0.25, 0.3) is 0 Å². The molecule has 0 aliphatic heterocycles. The largest absolute Gasteiger partial charge is 0.496 e. The van der Waals surface area contributed by atoms with Crippen molar-refractivity contribution in [3.8, 4) is 5.75 Å². The van der Waals surface area contributed by atoms with Gasteiger partial charge in [0.25, 0.3) is 11.6 Å². The SMILES string of the molecule is COc1cc([N+](=O)[O-])ccc1C(=O)Nc1cnccc1Cl. The van der Waals surface area contributed by atoms with Crippen LogP contribution in [0.3, 0.4) is 0 Å². The molecule has 0 saturated heterocycles. The summed E-state index contributed by atoms with van der Waals surface area (Å²) in [4.78, 5) is 26.2. The minimum atomic E-state index is -0.567. The first-order chi connectivity index (χ1) is 10.0. The zero-order chi connectivity index (χ0) is 15.4. The molecule has 21 heavy (non-hydrogen) atoms. The van der Waals surface area contributed by atoms with Crippen LogP contribution in [-0.2, 0) is 0 Å². The van der Waals surface area contributed by atoms with Crippen LogP contribution in [-0.4, -0.2) is 22.9 Å². The van der Waals surface area contributed by atoms with Crippen LogP contribution in [0.4, 0.5) is 11.4 Å². The second-order valence-corrected chi connectivity index (χ2v) is 4.36. The number of hydrogen-bond acceptors (Lipinski definition) is 5. The Morgan fingerprint density at radius 3 is 2.81 bits per heavy atom. The molecular weight excluding hydrogens is 298 g/mol. The maximum atomic E-state index is 12.2. The molecule has 2 aromatic rings. The van der Waals surface area contributed by atoms with E-state index in [9.17, 15) is 14.9 Å². The zero-order valence-electron chi connectivity index (χ0n) is 10.9. The average Bonchev–Trinajstić information content (AvgIpc) is 2.48. The number of anilines is 1. The van der Waals surface area contributed by atoms with E-state index in [0.717, 1.165) is 0 Å². The fourth-order valence-corrected chi connectivity index (χ4v) is 1.79. The van der Waals surface area contributed by atoms with Gasteiger partial charge in [0.1, 0.15) is 5.75 Å². The molecule has 0 fully saturated rings. The van der Waals surface area contributed by atoms with Gasteiger partial charge in [-0.3, -0.25) is 19.9 Å². The normalized spacial score (nSPS) is 10.0. The minimum Gasteiger partial charge on any atom is -0.496 e. The highest BCUT2D eigenvalue weighted by atomic mass is 35.5. The van der Waals surface area contributed by atoms with Crippen LogP contribution in [0.1, 0.15) is 10.4 Å². The van der Waals surface area contributed by atoms with Gasteiger partial charge in [0.2, 0.25) is 0 Å². The first-order valence-corrected chi connectivity index (χ1v) is 6.14. The van der Waals surface area contributed by atoms with Crippen molar-refractivity contribution in [3.63, 3.8) is 0 Å². The molecule has 0 aliphatic rings. The average molecular weight is 308 g/mol. The molecular formula is C13H10ClN3O4. The Kier molecular flexibility index (Phi) is 4.34. The number of carbonyl (C=O) groups is 1. The van der Waals surface area contributed by atoms with E-state index in [-0.39, 0.29) is 17.0 Å². The lowest BCUT2D eigenvalue weighted by atomic mass is 10.1. The van der Waals surface area contributed by atoms with Gasteiger partial charge >= 0.3 is 0 Å². The predicted molar refractivity (Wildman–Crippen MR) is 76.8 cm³/mol. The lowest BCUT2D eigenvalue weighted by Gasteiger charge is -2.09. The molecule has 0 atom stereocenters. The first-order valence-electron chi connectivity index (χ1n) is 5.76. The maximum absolute atomic E-state index is 12.2. The summed E-state index contributed by atoms with van der Waals surface area (Å²) in [6.07, 6.45) is 2.89. The number of nitro benzene ring substituents is 1. The first kappa shape index (κ1) is 14.7. The van der Waals surface area contributed by atoms with Gasteiger partial charge in [0.05, 0.1) is 40.6 Å². The summed E-state index contributed by atoms with van der Waals surface area (Å²) < 4.78 is 5.01. The Bertz CT molecular complexity index is 706. The Morgan fingerprint density at radius 2 is 2.19 bits per heavy atom. The summed E-state index contributed by atoms with van der Waals surface area (Å²) in [6.45, 7) is 0. The fraction of sp³-hybridized carbons (Fsp3) is 0.0769. The van der Waals surface area contributed by atoms with Gasteiger partial charge in [0.15, 0.2) is 0 Å².